The lowest BCUT2D eigenvalue weighted by Crippen LogP contribution is -2.43. The van der Waals surface area contributed by atoms with Crippen LogP contribution in [0.15, 0.2) is 30.3 Å². The molecule has 0 radical (unpaired) electrons. The minimum absolute atomic E-state index is 0.0117. The van der Waals surface area contributed by atoms with Gasteiger partial charge in [0.1, 0.15) is 0 Å². The van der Waals surface area contributed by atoms with E-state index in [-0.39, 0.29) is 6.03 Å². The summed E-state index contributed by atoms with van der Waals surface area (Å²) in [7, 11) is 0. The van der Waals surface area contributed by atoms with Gasteiger partial charge < -0.3 is 10.6 Å². The summed E-state index contributed by atoms with van der Waals surface area (Å²) in [5.74, 6) is 0.576. The Kier molecular flexibility index (Phi) is 4.76. The van der Waals surface area contributed by atoms with Crippen LogP contribution in [0.1, 0.15) is 31.2 Å². The molecule has 0 unspecified atom stereocenters. The number of carbonyl (C=O) groups is 1. The van der Waals surface area contributed by atoms with Crippen LogP contribution in [0.3, 0.4) is 0 Å². The lowest BCUT2D eigenvalue weighted by molar-refractivity contribution is 0.165. The third-order valence-corrected chi connectivity index (χ3v) is 4.32. The molecule has 21 heavy (non-hydrogen) atoms. The molecule has 1 heterocycles. The van der Waals surface area contributed by atoms with Crippen molar-refractivity contribution in [2.75, 3.05) is 19.6 Å². The second-order valence-corrected chi connectivity index (χ2v) is 6.36. The zero-order chi connectivity index (χ0) is 14.5. The van der Waals surface area contributed by atoms with Gasteiger partial charge in [0.15, 0.2) is 0 Å². The summed E-state index contributed by atoms with van der Waals surface area (Å²) in [6.45, 7) is 4.06. The minimum Gasteiger partial charge on any atom is -0.338 e. The number of urea groups is 1. The molecule has 1 aliphatic carbocycles. The Morgan fingerprint density at radius 2 is 2.00 bits per heavy atom. The second kappa shape index (κ2) is 6.94. The molecule has 0 bridgehead atoms. The first-order valence-electron chi connectivity index (χ1n) is 8.10. The third-order valence-electron chi connectivity index (χ3n) is 4.32. The summed E-state index contributed by atoms with van der Waals surface area (Å²) in [5, 5.41) is 6.01. The molecule has 3 rings (SSSR count). The van der Waals surface area contributed by atoms with Crippen molar-refractivity contribution < 1.29 is 4.79 Å². The number of nitrogens with zero attached hydrogens (tertiary/aromatic N) is 1. The van der Waals surface area contributed by atoms with E-state index >= 15 is 0 Å². The van der Waals surface area contributed by atoms with Crippen LogP contribution in [0, 0.1) is 5.92 Å². The van der Waals surface area contributed by atoms with E-state index in [1.165, 1.54) is 24.9 Å². The summed E-state index contributed by atoms with van der Waals surface area (Å²) in [6.07, 6.45) is 4.72. The quantitative estimate of drug-likeness (QED) is 0.873. The smallest absolute Gasteiger partial charge is 0.315 e. The molecule has 0 spiro atoms. The van der Waals surface area contributed by atoms with E-state index in [0.717, 1.165) is 32.5 Å². The fraction of sp³-hybridized carbons (Fsp3) is 0.588. The van der Waals surface area contributed by atoms with Crippen LogP contribution in [0.2, 0.25) is 0 Å². The van der Waals surface area contributed by atoms with E-state index in [1.807, 2.05) is 0 Å². The zero-order valence-corrected chi connectivity index (χ0v) is 12.6. The lowest BCUT2D eigenvalue weighted by Gasteiger charge is -2.32. The average Bonchev–Trinajstić information content (AvgIpc) is 3.31. The lowest BCUT2D eigenvalue weighted by atomic mass is 9.97. The van der Waals surface area contributed by atoms with Gasteiger partial charge in [0.25, 0.3) is 0 Å². The molecule has 114 valence electrons. The molecule has 1 atom stereocenters. The van der Waals surface area contributed by atoms with Crippen LogP contribution in [-0.2, 0) is 6.54 Å². The molecule has 1 aromatic carbocycles. The fourth-order valence-corrected chi connectivity index (χ4v) is 3.00. The molecule has 1 aromatic rings. The molecule has 4 heteroatoms. The monoisotopic (exact) mass is 287 g/mol. The summed E-state index contributed by atoms with van der Waals surface area (Å²) < 4.78 is 0. The van der Waals surface area contributed by atoms with Crippen LogP contribution >= 0.6 is 0 Å². The van der Waals surface area contributed by atoms with Gasteiger partial charge in [-0.1, -0.05) is 30.3 Å². The van der Waals surface area contributed by atoms with Crippen molar-refractivity contribution in [2.24, 2.45) is 5.92 Å². The largest absolute Gasteiger partial charge is 0.338 e. The Morgan fingerprint density at radius 1 is 1.19 bits per heavy atom. The predicted molar refractivity (Wildman–Crippen MR) is 84.0 cm³/mol. The van der Waals surface area contributed by atoms with Crippen LogP contribution in [0.25, 0.3) is 0 Å². The maximum absolute atomic E-state index is 11.7. The Morgan fingerprint density at radius 3 is 2.76 bits per heavy atom. The van der Waals surface area contributed by atoms with Crippen LogP contribution in [0.5, 0.6) is 0 Å². The molecular formula is C17H25N3O. The van der Waals surface area contributed by atoms with Gasteiger partial charge in [-0.15, -0.1) is 0 Å². The van der Waals surface area contributed by atoms with E-state index in [0.29, 0.717) is 12.0 Å². The van der Waals surface area contributed by atoms with Crippen molar-refractivity contribution in [2.45, 2.75) is 38.3 Å². The summed E-state index contributed by atoms with van der Waals surface area (Å²) in [4.78, 5) is 14.2. The highest BCUT2D eigenvalue weighted by Gasteiger charge is 2.24. The van der Waals surface area contributed by atoms with Gasteiger partial charge in [0, 0.05) is 25.7 Å². The predicted octanol–water partition coefficient (Wildman–Crippen LogP) is 2.36. The Balaban J connectivity index is 1.41. The molecule has 2 N–H and O–H groups in total. The Hall–Kier alpha value is -1.55. The van der Waals surface area contributed by atoms with Gasteiger partial charge in [-0.05, 0) is 43.7 Å². The van der Waals surface area contributed by atoms with Crippen molar-refractivity contribution in [1.29, 1.82) is 0 Å². The number of likely N-dealkylation sites (tertiary alicyclic amines) is 1. The van der Waals surface area contributed by atoms with Crippen molar-refractivity contribution in [3.63, 3.8) is 0 Å². The van der Waals surface area contributed by atoms with E-state index < -0.39 is 0 Å². The normalized spacial score (nSPS) is 22.8. The van der Waals surface area contributed by atoms with Crippen molar-refractivity contribution >= 4 is 6.03 Å². The number of nitrogens with one attached hydrogen (secondary N) is 2. The van der Waals surface area contributed by atoms with Gasteiger partial charge in [0.2, 0.25) is 0 Å². The number of rotatable bonds is 5. The van der Waals surface area contributed by atoms with Crippen molar-refractivity contribution in [3.05, 3.63) is 35.9 Å². The van der Waals surface area contributed by atoms with E-state index in [4.69, 9.17) is 0 Å². The van der Waals surface area contributed by atoms with E-state index in [2.05, 4.69) is 45.9 Å². The molecule has 0 aromatic heterocycles. The number of carbonyl (C=O) groups excluding carboxylic acids is 1. The van der Waals surface area contributed by atoms with Gasteiger partial charge in [0.05, 0.1) is 0 Å². The Labute approximate surface area is 126 Å². The van der Waals surface area contributed by atoms with Gasteiger partial charge in [-0.3, -0.25) is 4.90 Å². The van der Waals surface area contributed by atoms with Gasteiger partial charge in [-0.25, -0.2) is 4.79 Å². The number of benzene rings is 1. The van der Waals surface area contributed by atoms with Gasteiger partial charge >= 0.3 is 6.03 Å². The fourth-order valence-electron chi connectivity index (χ4n) is 3.00. The molecular weight excluding hydrogens is 262 g/mol. The van der Waals surface area contributed by atoms with E-state index in [1.54, 1.807) is 0 Å². The highest BCUT2D eigenvalue weighted by molar-refractivity contribution is 5.74. The SMILES string of the molecule is O=C(NC[C@@H]1CCCN(Cc2ccccc2)C1)NC1CC1. The Bertz CT molecular complexity index is 458. The highest BCUT2D eigenvalue weighted by atomic mass is 16.2. The van der Waals surface area contributed by atoms with Crippen LogP contribution < -0.4 is 10.6 Å². The second-order valence-electron chi connectivity index (χ2n) is 6.36. The number of hydrogen-bond donors (Lipinski definition) is 2. The van der Waals surface area contributed by atoms with E-state index in [9.17, 15) is 4.79 Å². The molecule has 2 aliphatic rings. The molecule has 2 amide bonds. The summed E-state index contributed by atoms with van der Waals surface area (Å²) in [5.41, 5.74) is 1.37. The molecule has 4 nitrogen and oxygen atoms in total. The maximum atomic E-state index is 11.7. The summed E-state index contributed by atoms with van der Waals surface area (Å²) in [6, 6.07) is 11.1. The number of piperidine rings is 1. The first-order chi connectivity index (χ1) is 10.3. The third kappa shape index (κ3) is 4.74. The topological polar surface area (TPSA) is 44.4 Å². The van der Waals surface area contributed by atoms with Crippen LogP contribution in [0.4, 0.5) is 4.79 Å². The molecule has 1 saturated carbocycles. The molecule has 2 fully saturated rings. The molecule has 1 saturated heterocycles. The van der Waals surface area contributed by atoms with Crippen LogP contribution in [-0.4, -0.2) is 36.6 Å². The summed E-state index contributed by atoms with van der Waals surface area (Å²) >= 11 is 0. The number of hydrogen-bond acceptors (Lipinski definition) is 2. The number of amides is 2. The molecule has 1 aliphatic heterocycles. The zero-order valence-electron chi connectivity index (χ0n) is 12.6. The standard InChI is InChI=1S/C17H25N3O/c21-17(19-16-8-9-16)18-11-15-7-4-10-20(13-15)12-14-5-2-1-3-6-14/h1-3,5-6,15-16H,4,7-13H2,(H2,18,19,21)/t15-/m0/s1. The van der Waals surface area contributed by atoms with Crippen molar-refractivity contribution in [3.8, 4) is 0 Å². The first-order valence-corrected chi connectivity index (χ1v) is 8.10. The van der Waals surface area contributed by atoms with Crippen molar-refractivity contribution in [1.82, 2.24) is 15.5 Å². The van der Waals surface area contributed by atoms with Gasteiger partial charge in [-0.2, -0.15) is 0 Å². The average molecular weight is 287 g/mol. The highest BCUT2D eigenvalue weighted by Crippen LogP contribution is 2.19. The first kappa shape index (κ1) is 14.4. The maximum Gasteiger partial charge on any atom is 0.315 e. The minimum atomic E-state index is 0.0117.